The van der Waals surface area contributed by atoms with Crippen LogP contribution in [0.5, 0.6) is 0 Å². The van der Waals surface area contributed by atoms with Crippen LogP contribution in [-0.4, -0.2) is 23.9 Å². The molecule has 0 rings (SSSR count). The van der Waals surface area contributed by atoms with Gasteiger partial charge in [-0.2, -0.15) is 0 Å². The Morgan fingerprint density at radius 3 is 1.87 bits per heavy atom. The van der Waals surface area contributed by atoms with Gasteiger partial charge >= 0.3 is 41.5 Å². The fourth-order valence-corrected chi connectivity index (χ4v) is 2.97. The molecule has 0 amide bonds. The summed E-state index contributed by atoms with van der Waals surface area (Å²) in [6.45, 7) is 2.24. The molecule has 30 heavy (non-hydrogen) atoms. The third-order valence-electron chi connectivity index (χ3n) is 4.82. The van der Waals surface area contributed by atoms with Gasteiger partial charge in [0.05, 0.1) is 0 Å². The maximum atomic E-state index is 11.6. The zero-order valence-corrected chi connectivity index (χ0v) is 21.2. The minimum absolute atomic E-state index is 0. The maximum Gasteiger partial charge on any atom is 1.00 e. The molecule has 0 spiro atoms. The minimum Gasteiger partial charge on any atom is -0.550 e. The monoisotopic (exact) mass is 433 g/mol. The fraction of sp³-hybridized carbons (Fsp3) is 0.783. The van der Waals surface area contributed by atoms with Crippen molar-refractivity contribution < 1.29 is 53.8 Å². The molecule has 7 heteroatoms. The van der Waals surface area contributed by atoms with Gasteiger partial charge in [-0.15, -0.1) is 0 Å². The quantitative estimate of drug-likeness (QED) is 0.107. The minimum atomic E-state index is -1.28. The Hall–Kier alpha value is -0.690. The number of carboxylic acid groups (broad SMARTS) is 1. The molecule has 0 fully saturated rings. The van der Waals surface area contributed by atoms with E-state index in [1.54, 1.807) is 0 Å². The normalized spacial score (nSPS) is 11.8. The first-order valence-corrected chi connectivity index (χ1v) is 11.3. The molecule has 0 saturated carbocycles. The molecule has 0 bridgehead atoms. The summed E-state index contributed by atoms with van der Waals surface area (Å²) in [6, 6.07) is -1.11. The average molecular weight is 434 g/mol. The standard InChI is InChI=1S/C23H41NO5.Na/c1-2-3-4-5-6-7-8-9-10-11-12-13-14-15-16-17-22(27)29-23(28)20(24)18-19-21(25)26;/h9-10,20H,2-8,11-19,24H2,1H3,(H,25,26);/q;+1/p-1/b10-9-;/t20-;/m0./s1. The number of carbonyl (C=O) groups is 3. The number of aliphatic carboxylic acids is 1. The SMILES string of the molecule is CCCCCCCC/C=C\CCCCCCCC(=O)OC(=O)[C@@H](N)CCC(=O)[O-].[Na+]. The Balaban J connectivity index is 0. The van der Waals surface area contributed by atoms with Crippen molar-refractivity contribution in [3.05, 3.63) is 12.2 Å². The smallest absolute Gasteiger partial charge is 0.550 e. The molecule has 0 aliphatic rings. The third kappa shape index (κ3) is 22.0. The average Bonchev–Trinajstić information content (AvgIpc) is 2.68. The van der Waals surface area contributed by atoms with Gasteiger partial charge in [-0.25, -0.2) is 4.79 Å². The molecule has 0 unspecified atom stereocenters. The van der Waals surface area contributed by atoms with Crippen LogP contribution >= 0.6 is 0 Å². The molecule has 1 atom stereocenters. The second kappa shape index (κ2) is 23.0. The van der Waals surface area contributed by atoms with E-state index in [0.717, 1.165) is 32.1 Å². The summed E-state index contributed by atoms with van der Waals surface area (Å²) >= 11 is 0. The van der Waals surface area contributed by atoms with Gasteiger partial charge in [-0.3, -0.25) is 4.79 Å². The van der Waals surface area contributed by atoms with E-state index in [1.807, 2.05) is 0 Å². The van der Waals surface area contributed by atoms with E-state index in [4.69, 9.17) is 5.73 Å². The molecule has 0 aromatic carbocycles. The first kappa shape index (κ1) is 31.5. The Kier molecular flexibility index (Phi) is 24.1. The molecule has 0 aliphatic carbocycles. The van der Waals surface area contributed by atoms with Crippen molar-refractivity contribution in [1.29, 1.82) is 0 Å². The van der Waals surface area contributed by atoms with Crippen molar-refractivity contribution in [1.82, 2.24) is 0 Å². The predicted molar refractivity (Wildman–Crippen MR) is 113 cm³/mol. The molecule has 0 heterocycles. The number of carboxylic acids is 1. The Labute approximate surface area is 204 Å². The second-order valence-electron chi connectivity index (χ2n) is 7.64. The van der Waals surface area contributed by atoms with E-state index in [9.17, 15) is 19.5 Å². The Morgan fingerprint density at radius 1 is 0.833 bits per heavy atom. The van der Waals surface area contributed by atoms with Crippen molar-refractivity contribution in [3.63, 3.8) is 0 Å². The summed E-state index contributed by atoms with van der Waals surface area (Å²) in [6.07, 6.45) is 19.6. The number of hydrogen-bond acceptors (Lipinski definition) is 6. The van der Waals surface area contributed by atoms with Gasteiger partial charge in [0.15, 0.2) is 0 Å². The summed E-state index contributed by atoms with van der Waals surface area (Å²) in [7, 11) is 0. The fourth-order valence-electron chi connectivity index (χ4n) is 2.97. The van der Waals surface area contributed by atoms with Gasteiger partial charge in [0.1, 0.15) is 6.04 Å². The third-order valence-corrected chi connectivity index (χ3v) is 4.82. The van der Waals surface area contributed by atoms with Crippen molar-refractivity contribution in [2.75, 3.05) is 0 Å². The van der Waals surface area contributed by atoms with Gasteiger partial charge in [0, 0.05) is 12.4 Å². The Morgan fingerprint density at radius 2 is 1.33 bits per heavy atom. The van der Waals surface area contributed by atoms with E-state index in [1.165, 1.54) is 44.9 Å². The Bertz CT molecular complexity index is 482. The first-order valence-electron chi connectivity index (χ1n) is 11.3. The number of rotatable bonds is 19. The molecule has 0 aromatic rings. The number of ether oxygens (including phenoxy) is 1. The predicted octanol–water partition coefficient (Wildman–Crippen LogP) is 0.955. The maximum absolute atomic E-state index is 11.6. The van der Waals surface area contributed by atoms with Gasteiger partial charge in [-0.05, 0) is 44.9 Å². The zero-order chi connectivity index (χ0) is 21.7. The van der Waals surface area contributed by atoms with Crippen molar-refractivity contribution in [2.45, 2.75) is 116 Å². The van der Waals surface area contributed by atoms with Crippen molar-refractivity contribution in [2.24, 2.45) is 5.73 Å². The largest absolute Gasteiger partial charge is 1.00 e. The molecular weight excluding hydrogens is 393 g/mol. The topological polar surface area (TPSA) is 110 Å². The molecular formula is C23H40NNaO5. The molecule has 0 aliphatic heterocycles. The summed E-state index contributed by atoms with van der Waals surface area (Å²) in [4.78, 5) is 33.5. The van der Waals surface area contributed by atoms with Crippen LogP contribution in [0.2, 0.25) is 0 Å². The van der Waals surface area contributed by atoms with Crippen LogP contribution in [0.1, 0.15) is 110 Å². The number of unbranched alkanes of at least 4 members (excludes halogenated alkanes) is 11. The van der Waals surface area contributed by atoms with Gasteiger partial charge in [-0.1, -0.05) is 70.4 Å². The number of nitrogens with two attached hydrogens (primary N) is 1. The number of hydrogen-bond donors (Lipinski definition) is 1. The van der Waals surface area contributed by atoms with Gasteiger partial charge in [0.25, 0.3) is 0 Å². The van der Waals surface area contributed by atoms with Crippen molar-refractivity contribution >= 4 is 17.9 Å². The van der Waals surface area contributed by atoms with Crippen LogP contribution in [0.3, 0.4) is 0 Å². The van der Waals surface area contributed by atoms with E-state index in [2.05, 4.69) is 23.8 Å². The molecule has 6 nitrogen and oxygen atoms in total. The molecule has 2 N–H and O–H groups in total. The molecule has 168 valence electrons. The van der Waals surface area contributed by atoms with Crippen LogP contribution in [0.4, 0.5) is 0 Å². The molecule has 0 aromatic heterocycles. The number of carbonyl (C=O) groups excluding carboxylic acids is 3. The van der Waals surface area contributed by atoms with E-state index >= 15 is 0 Å². The van der Waals surface area contributed by atoms with Crippen LogP contribution in [-0.2, 0) is 19.1 Å². The molecule has 0 saturated heterocycles. The summed E-state index contributed by atoms with van der Waals surface area (Å²) in [5.74, 6) is -2.76. The first-order chi connectivity index (χ1) is 14.0. The summed E-state index contributed by atoms with van der Waals surface area (Å²) in [5.41, 5.74) is 5.48. The van der Waals surface area contributed by atoms with Gasteiger partial charge in [0.2, 0.25) is 0 Å². The van der Waals surface area contributed by atoms with Crippen LogP contribution < -0.4 is 40.4 Å². The zero-order valence-electron chi connectivity index (χ0n) is 19.2. The van der Waals surface area contributed by atoms with E-state index in [-0.39, 0.29) is 48.8 Å². The van der Waals surface area contributed by atoms with Gasteiger partial charge < -0.3 is 20.4 Å². The summed E-state index contributed by atoms with van der Waals surface area (Å²) in [5, 5.41) is 10.3. The number of allylic oxidation sites excluding steroid dienone is 2. The van der Waals surface area contributed by atoms with Crippen LogP contribution in [0.15, 0.2) is 12.2 Å². The van der Waals surface area contributed by atoms with E-state index < -0.39 is 23.9 Å². The van der Waals surface area contributed by atoms with Crippen LogP contribution in [0.25, 0.3) is 0 Å². The van der Waals surface area contributed by atoms with E-state index in [0.29, 0.717) is 6.42 Å². The van der Waals surface area contributed by atoms with Crippen molar-refractivity contribution in [3.8, 4) is 0 Å². The second-order valence-corrected chi connectivity index (χ2v) is 7.64. The van der Waals surface area contributed by atoms with Crippen LogP contribution in [0, 0.1) is 0 Å². The molecule has 0 radical (unpaired) electrons. The summed E-state index contributed by atoms with van der Waals surface area (Å²) < 4.78 is 4.64. The number of esters is 2.